The maximum atomic E-state index is 12.0. The molecule has 0 unspecified atom stereocenters. The fraction of sp³-hybridized carbons (Fsp3) is 0.533. The minimum Gasteiger partial charge on any atom is -0.294 e. The van der Waals surface area contributed by atoms with Gasteiger partial charge in [-0.3, -0.25) is 4.79 Å². The molecule has 0 N–H and O–H groups in total. The van der Waals surface area contributed by atoms with Crippen LogP contribution in [0.5, 0.6) is 0 Å². The van der Waals surface area contributed by atoms with Crippen LogP contribution in [0.25, 0.3) is 0 Å². The van der Waals surface area contributed by atoms with Gasteiger partial charge in [-0.15, -0.1) is 0 Å². The molecule has 1 rings (SSSR count). The van der Waals surface area contributed by atoms with E-state index in [1.54, 1.807) is 0 Å². The largest absolute Gasteiger partial charge is 0.294 e. The van der Waals surface area contributed by atoms with Gasteiger partial charge in [0.15, 0.2) is 5.78 Å². The normalized spacial score (nSPS) is 10.8. The number of carbonyl (C=O) groups excluding carboxylic acids is 1. The van der Waals surface area contributed by atoms with Crippen molar-refractivity contribution in [2.24, 2.45) is 5.92 Å². The van der Waals surface area contributed by atoms with Crippen molar-refractivity contribution < 1.29 is 4.79 Å². The second-order valence-corrected chi connectivity index (χ2v) is 4.72. The summed E-state index contributed by atoms with van der Waals surface area (Å²) in [4.78, 5) is 12.0. The molecule has 16 heavy (non-hydrogen) atoms. The summed E-state index contributed by atoms with van der Waals surface area (Å²) in [5.41, 5.74) is 2.10. The third kappa shape index (κ3) is 3.80. The lowest BCUT2D eigenvalue weighted by atomic mass is 9.97. The Bertz CT molecular complexity index is 339. The standard InChI is InChI=1S/C15H22O/c1-4-13-9-5-6-10-14(13)15(16)11-7-8-12(2)3/h5-6,9-10,12H,4,7-8,11H2,1-3H3. The first-order valence-corrected chi connectivity index (χ1v) is 6.26. The summed E-state index contributed by atoms with van der Waals surface area (Å²) in [6.45, 7) is 6.50. The molecule has 0 fully saturated rings. The zero-order valence-corrected chi connectivity index (χ0v) is 10.6. The molecule has 0 saturated heterocycles. The third-order valence-electron chi connectivity index (χ3n) is 2.88. The van der Waals surface area contributed by atoms with E-state index in [1.807, 2.05) is 18.2 Å². The first-order chi connectivity index (χ1) is 7.65. The Morgan fingerprint density at radius 3 is 2.56 bits per heavy atom. The second-order valence-electron chi connectivity index (χ2n) is 4.72. The highest BCUT2D eigenvalue weighted by atomic mass is 16.1. The smallest absolute Gasteiger partial charge is 0.163 e. The van der Waals surface area contributed by atoms with E-state index in [2.05, 4.69) is 26.8 Å². The van der Waals surface area contributed by atoms with Gasteiger partial charge in [0.05, 0.1) is 0 Å². The Morgan fingerprint density at radius 1 is 1.25 bits per heavy atom. The van der Waals surface area contributed by atoms with Crippen LogP contribution >= 0.6 is 0 Å². The lowest BCUT2D eigenvalue weighted by Crippen LogP contribution is -2.03. The van der Waals surface area contributed by atoms with Gasteiger partial charge in [0, 0.05) is 12.0 Å². The monoisotopic (exact) mass is 218 g/mol. The predicted molar refractivity (Wildman–Crippen MR) is 68.8 cm³/mol. The zero-order valence-electron chi connectivity index (χ0n) is 10.6. The molecule has 88 valence electrons. The molecule has 0 aromatic heterocycles. The van der Waals surface area contributed by atoms with Crippen LogP contribution in [0, 0.1) is 5.92 Å². The molecule has 1 aromatic carbocycles. The molecular weight excluding hydrogens is 196 g/mol. The maximum Gasteiger partial charge on any atom is 0.163 e. The van der Waals surface area contributed by atoms with E-state index < -0.39 is 0 Å². The maximum absolute atomic E-state index is 12.0. The number of rotatable bonds is 6. The van der Waals surface area contributed by atoms with Crippen LogP contribution < -0.4 is 0 Å². The van der Waals surface area contributed by atoms with Crippen LogP contribution in [-0.2, 0) is 6.42 Å². The van der Waals surface area contributed by atoms with E-state index in [1.165, 1.54) is 5.56 Å². The minimum atomic E-state index is 0.304. The summed E-state index contributed by atoms with van der Waals surface area (Å²) in [5.74, 6) is 0.993. The second kappa shape index (κ2) is 6.47. The van der Waals surface area contributed by atoms with Crippen LogP contribution in [0.2, 0.25) is 0 Å². The fourth-order valence-corrected chi connectivity index (χ4v) is 1.91. The van der Waals surface area contributed by atoms with Crippen molar-refractivity contribution in [1.29, 1.82) is 0 Å². The Balaban J connectivity index is 2.59. The zero-order chi connectivity index (χ0) is 12.0. The van der Waals surface area contributed by atoms with Gasteiger partial charge in [0.1, 0.15) is 0 Å². The van der Waals surface area contributed by atoms with Gasteiger partial charge in [0.2, 0.25) is 0 Å². The molecule has 0 amide bonds. The van der Waals surface area contributed by atoms with E-state index in [0.717, 1.165) is 24.8 Å². The topological polar surface area (TPSA) is 17.1 Å². The summed E-state index contributed by atoms with van der Waals surface area (Å²) in [7, 11) is 0. The van der Waals surface area contributed by atoms with E-state index in [4.69, 9.17) is 0 Å². The fourth-order valence-electron chi connectivity index (χ4n) is 1.91. The Hall–Kier alpha value is -1.11. The Labute approximate surface area is 98.9 Å². The summed E-state index contributed by atoms with van der Waals surface area (Å²) in [5, 5.41) is 0. The number of carbonyl (C=O) groups is 1. The number of hydrogen-bond acceptors (Lipinski definition) is 1. The Kier molecular flexibility index (Phi) is 5.24. The van der Waals surface area contributed by atoms with Crippen molar-refractivity contribution in [3.05, 3.63) is 35.4 Å². The van der Waals surface area contributed by atoms with Gasteiger partial charge < -0.3 is 0 Å². The molecule has 0 atom stereocenters. The van der Waals surface area contributed by atoms with Crippen molar-refractivity contribution in [2.45, 2.75) is 46.5 Å². The van der Waals surface area contributed by atoms with Crippen molar-refractivity contribution in [2.75, 3.05) is 0 Å². The van der Waals surface area contributed by atoms with Crippen LogP contribution in [0.15, 0.2) is 24.3 Å². The van der Waals surface area contributed by atoms with Crippen molar-refractivity contribution >= 4 is 5.78 Å². The number of benzene rings is 1. The minimum absolute atomic E-state index is 0.304. The van der Waals surface area contributed by atoms with Gasteiger partial charge in [-0.1, -0.05) is 51.5 Å². The Morgan fingerprint density at radius 2 is 1.94 bits per heavy atom. The first-order valence-electron chi connectivity index (χ1n) is 6.26. The van der Waals surface area contributed by atoms with E-state index in [9.17, 15) is 4.79 Å². The highest BCUT2D eigenvalue weighted by Crippen LogP contribution is 2.15. The average Bonchev–Trinajstić information content (AvgIpc) is 2.28. The molecule has 1 nitrogen and oxygen atoms in total. The number of Topliss-reactive ketones (excluding diaryl/α,β-unsaturated/α-hetero) is 1. The molecule has 0 bridgehead atoms. The van der Waals surface area contributed by atoms with E-state index >= 15 is 0 Å². The molecule has 0 radical (unpaired) electrons. The molecule has 0 spiro atoms. The van der Waals surface area contributed by atoms with Gasteiger partial charge in [-0.05, 0) is 24.3 Å². The van der Waals surface area contributed by atoms with Crippen LogP contribution in [0.3, 0.4) is 0 Å². The lowest BCUT2D eigenvalue weighted by Gasteiger charge is -2.07. The molecule has 0 heterocycles. The molecule has 0 aliphatic heterocycles. The molecule has 1 heteroatoms. The highest BCUT2D eigenvalue weighted by molar-refractivity contribution is 5.97. The predicted octanol–water partition coefficient (Wildman–Crippen LogP) is 4.26. The first kappa shape index (κ1) is 13.0. The van der Waals surface area contributed by atoms with Gasteiger partial charge in [0.25, 0.3) is 0 Å². The molecule has 1 aromatic rings. The summed E-state index contributed by atoms with van der Waals surface area (Å²) >= 11 is 0. The van der Waals surface area contributed by atoms with Crippen LogP contribution in [0.4, 0.5) is 0 Å². The summed E-state index contributed by atoms with van der Waals surface area (Å²) in [6, 6.07) is 7.96. The summed E-state index contributed by atoms with van der Waals surface area (Å²) in [6.07, 6.45) is 3.77. The van der Waals surface area contributed by atoms with Crippen molar-refractivity contribution in [3.63, 3.8) is 0 Å². The molecule has 0 aliphatic rings. The average molecular weight is 218 g/mol. The molecular formula is C15H22O. The summed E-state index contributed by atoms with van der Waals surface area (Å²) < 4.78 is 0. The van der Waals surface area contributed by atoms with Crippen LogP contribution in [0.1, 0.15) is 56.0 Å². The van der Waals surface area contributed by atoms with Crippen LogP contribution in [-0.4, -0.2) is 5.78 Å². The number of aryl methyl sites for hydroxylation is 1. The molecule has 0 aliphatic carbocycles. The number of hydrogen-bond donors (Lipinski definition) is 0. The van der Waals surface area contributed by atoms with E-state index in [-0.39, 0.29) is 0 Å². The highest BCUT2D eigenvalue weighted by Gasteiger charge is 2.09. The third-order valence-corrected chi connectivity index (χ3v) is 2.88. The van der Waals surface area contributed by atoms with Gasteiger partial charge in [-0.25, -0.2) is 0 Å². The van der Waals surface area contributed by atoms with Crippen molar-refractivity contribution in [3.8, 4) is 0 Å². The van der Waals surface area contributed by atoms with E-state index in [0.29, 0.717) is 18.1 Å². The van der Waals surface area contributed by atoms with Gasteiger partial charge >= 0.3 is 0 Å². The quantitative estimate of drug-likeness (QED) is 0.652. The number of ketones is 1. The van der Waals surface area contributed by atoms with Crippen molar-refractivity contribution in [1.82, 2.24) is 0 Å². The lowest BCUT2D eigenvalue weighted by molar-refractivity contribution is 0.0977. The van der Waals surface area contributed by atoms with Gasteiger partial charge in [-0.2, -0.15) is 0 Å². The SMILES string of the molecule is CCc1ccccc1C(=O)CCCC(C)C. The molecule has 0 saturated carbocycles.